The first-order valence-corrected chi connectivity index (χ1v) is 9.53. The molecule has 0 amide bonds. The van der Waals surface area contributed by atoms with E-state index in [1.165, 1.54) is 57.1 Å². The van der Waals surface area contributed by atoms with Gasteiger partial charge in [0.25, 0.3) is 0 Å². The molecule has 0 bridgehead atoms. The Morgan fingerprint density at radius 1 is 1.00 bits per heavy atom. The minimum atomic E-state index is 0.0494. The predicted molar refractivity (Wildman–Crippen MR) is 96.0 cm³/mol. The zero-order chi connectivity index (χ0) is 16.4. The van der Waals surface area contributed by atoms with Crippen LogP contribution >= 0.6 is 0 Å². The summed E-state index contributed by atoms with van der Waals surface area (Å²) < 4.78 is 0. The second kappa shape index (κ2) is 10.1. The third kappa shape index (κ3) is 6.14. The van der Waals surface area contributed by atoms with Gasteiger partial charge in [-0.1, -0.05) is 72.6 Å². The van der Waals surface area contributed by atoms with E-state index in [-0.39, 0.29) is 5.41 Å². The van der Waals surface area contributed by atoms with Gasteiger partial charge >= 0.3 is 0 Å². The number of allylic oxidation sites excluding steroid dienone is 2. The van der Waals surface area contributed by atoms with Crippen LogP contribution in [0.15, 0.2) is 11.3 Å². The minimum absolute atomic E-state index is 0.0494. The Hall–Kier alpha value is -0.790. The maximum atomic E-state index is 12.3. The van der Waals surface area contributed by atoms with Gasteiger partial charge in [0.05, 0.1) is 0 Å². The molecule has 2 nitrogen and oxygen atoms in total. The molecule has 0 atom stereocenters. The summed E-state index contributed by atoms with van der Waals surface area (Å²) in [5.41, 5.74) is 2.38. The van der Waals surface area contributed by atoms with Crippen molar-refractivity contribution in [2.45, 2.75) is 98.3 Å². The molecular weight excluding hydrogens is 270 g/mol. The maximum absolute atomic E-state index is 12.3. The molecule has 0 unspecified atom stereocenters. The molecule has 22 heavy (non-hydrogen) atoms. The van der Waals surface area contributed by atoms with Crippen LogP contribution in [0, 0.1) is 5.41 Å². The first-order valence-electron chi connectivity index (χ1n) is 9.53. The standard InChI is InChI=1S/C20H37NO/c1-5-7-8-9-10-11-12-13-14-17-19(18(22)6-2)20(3,4)15-16-21-17/h21H,5-16H2,1-4H3. The Kier molecular flexibility index (Phi) is 8.82. The molecule has 0 fully saturated rings. The molecule has 1 N–H and O–H groups in total. The minimum Gasteiger partial charge on any atom is -0.388 e. The fourth-order valence-electron chi connectivity index (χ4n) is 3.52. The van der Waals surface area contributed by atoms with Crippen molar-refractivity contribution in [3.05, 3.63) is 11.3 Å². The summed E-state index contributed by atoms with van der Waals surface area (Å²) >= 11 is 0. The van der Waals surface area contributed by atoms with Crippen LogP contribution in [0.25, 0.3) is 0 Å². The average molecular weight is 308 g/mol. The molecule has 1 aliphatic rings. The molecule has 1 aliphatic heterocycles. The molecular formula is C20H37NO. The van der Waals surface area contributed by atoms with E-state index < -0.39 is 0 Å². The van der Waals surface area contributed by atoms with Gasteiger partial charge in [0.1, 0.15) is 0 Å². The summed E-state index contributed by atoms with van der Waals surface area (Å²) in [4.78, 5) is 12.3. The van der Waals surface area contributed by atoms with Gasteiger partial charge < -0.3 is 5.32 Å². The fourth-order valence-corrected chi connectivity index (χ4v) is 3.52. The fraction of sp³-hybridized carbons (Fsp3) is 0.850. The van der Waals surface area contributed by atoms with Gasteiger partial charge in [-0.2, -0.15) is 0 Å². The van der Waals surface area contributed by atoms with Crippen molar-refractivity contribution in [3.8, 4) is 0 Å². The first-order chi connectivity index (χ1) is 10.5. The molecule has 0 aromatic heterocycles. The lowest BCUT2D eigenvalue weighted by molar-refractivity contribution is -0.116. The number of ketones is 1. The van der Waals surface area contributed by atoms with Gasteiger partial charge in [-0.15, -0.1) is 0 Å². The molecule has 2 heteroatoms. The van der Waals surface area contributed by atoms with Crippen molar-refractivity contribution in [2.24, 2.45) is 5.41 Å². The van der Waals surface area contributed by atoms with Crippen molar-refractivity contribution in [3.63, 3.8) is 0 Å². The van der Waals surface area contributed by atoms with Crippen LogP contribution in [0.4, 0.5) is 0 Å². The second-order valence-corrected chi connectivity index (χ2v) is 7.42. The van der Waals surface area contributed by atoms with Gasteiger partial charge in [-0.05, 0) is 24.7 Å². The summed E-state index contributed by atoms with van der Waals surface area (Å²) in [6.07, 6.45) is 13.5. The zero-order valence-electron chi connectivity index (χ0n) is 15.4. The molecule has 1 rings (SSSR count). The van der Waals surface area contributed by atoms with Crippen LogP contribution in [0.5, 0.6) is 0 Å². The smallest absolute Gasteiger partial charge is 0.160 e. The SMILES string of the molecule is CCCCCCCCCCC1=C(C(=O)CC)C(C)(C)CCN1. The summed E-state index contributed by atoms with van der Waals surface area (Å²) in [5.74, 6) is 0.340. The van der Waals surface area contributed by atoms with Crippen LogP contribution in [0.3, 0.4) is 0 Å². The maximum Gasteiger partial charge on any atom is 0.160 e. The normalized spacial score (nSPS) is 17.5. The first kappa shape index (κ1) is 19.3. The van der Waals surface area contributed by atoms with Crippen molar-refractivity contribution >= 4 is 5.78 Å². The summed E-state index contributed by atoms with van der Waals surface area (Å²) in [5, 5.41) is 3.52. The molecule has 0 spiro atoms. The molecule has 0 saturated carbocycles. The van der Waals surface area contributed by atoms with Gasteiger partial charge in [0.15, 0.2) is 5.78 Å². The highest BCUT2D eigenvalue weighted by atomic mass is 16.1. The van der Waals surface area contributed by atoms with Gasteiger partial charge in [0.2, 0.25) is 0 Å². The highest BCUT2D eigenvalue weighted by Crippen LogP contribution is 2.37. The molecule has 128 valence electrons. The monoisotopic (exact) mass is 307 g/mol. The van der Waals surface area contributed by atoms with Gasteiger partial charge in [-0.3, -0.25) is 4.79 Å². The van der Waals surface area contributed by atoms with Crippen LogP contribution in [-0.2, 0) is 4.79 Å². The molecule has 0 aromatic carbocycles. The van der Waals surface area contributed by atoms with Crippen LogP contribution < -0.4 is 5.32 Å². The highest BCUT2D eigenvalue weighted by Gasteiger charge is 2.33. The van der Waals surface area contributed by atoms with E-state index in [1.54, 1.807) is 0 Å². The van der Waals surface area contributed by atoms with E-state index in [1.807, 2.05) is 6.92 Å². The predicted octanol–water partition coefficient (Wildman–Crippen LogP) is 5.77. The van der Waals surface area contributed by atoms with E-state index in [2.05, 4.69) is 26.1 Å². The van der Waals surface area contributed by atoms with Crippen LogP contribution in [-0.4, -0.2) is 12.3 Å². The lowest BCUT2D eigenvalue weighted by Gasteiger charge is -2.35. The van der Waals surface area contributed by atoms with Crippen molar-refractivity contribution < 1.29 is 4.79 Å². The summed E-state index contributed by atoms with van der Waals surface area (Å²) in [6, 6.07) is 0. The average Bonchev–Trinajstić information content (AvgIpc) is 2.48. The van der Waals surface area contributed by atoms with Crippen molar-refractivity contribution in [1.82, 2.24) is 5.32 Å². The molecule has 0 radical (unpaired) electrons. The van der Waals surface area contributed by atoms with Gasteiger partial charge in [-0.25, -0.2) is 0 Å². The van der Waals surface area contributed by atoms with E-state index >= 15 is 0 Å². The third-order valence-electron chi connectivity index (χ3n) is 4.95. The number of unbranched alkanes of at least 4 members (excludes halogenated alkanes) is 7. The Morgan fingerprint density at radius 3 is 2.18 bits per heavy atom. The Balaban J connectivity index is 2.41. The number of hydrogen-bond donors (Lipinski definition) is 1. The van der Waals surface area contributed by atoms with Gasteiger partial charge in [0, 0.05) is 24.2 Å². The van der Waals surface area contributed by atoms with E-state index in [9.17, 15) is 4.79 Å². The Morgan fingerprint density at radius 2 is 1.59 bits per heavy atom. The Bertz CT molecular complexity index is 368. The van der Waals surface area contributed by atoms with E-state index in [0.29, 0.717) is 12.2 Å². The third-order valence-corrected chi connectivity index (χ3v) is 4.95. The molecule has 1 heterocycles. The number of nitrogens with one attached hydrogen (secondary N) is 1. The molecule has 0 aliphatic carbocycles. The number of carbonyl (C=O) groups is 1. The van der Waals surface area contributed by atoms with Crippen LogP contribution in [0.2, 0.25) is 0 Å². The zero-order valence-corrected chi connectivity index (χ0v) is 15.4. The quantitative estimate of drug-likeness (QED) is 0.491. The number of hydrogen-bond acceptors (Lipinski definition) is 2. The number of Topliss-reactive ketones (excluding diaryl/α,β-unsaturated/α-hetero) is 1. The molecule has 0 aromatic rings. The lowest BCUT2D eigenvalue weighted by Crippen LogP contribution is -2.36. The number of rotatable bonds is 11. The number of carbonyl (C=O) groups excluding carboxylic acids is 1. The largest absolute Gasteiger partial charge is 0.388 e. The van der Waals surface area contributed by atoms with E-state index in [0.717, 1.165) is 25.0 Å². The van der Waals surface area contributed by atoms with E-state index in [4.69, 9.17) is 0 Å². The lowest BCUT2D eigenvalue weighted by atomic mass is 9.74. The van der Waals surface area contributed by atoms with Crippen LogP contribution in [0.1, 0.15) is 98.3 Å². The summed E-state index contributed by atoms with van der Waals surface area (Å²) in [7, 11) is 0. The molecule has 0 saturated heterocycles. The van der Waals surface area contributed by atoms with Crippen molar-refractivity contribution in [2.75, 3.05) is 6.54 Å². The summed E-state index contributed by atoms with van der Waals surface area (Å²) in [6.45, 7) is 9.71. The highest BCUT2D eigenvalue weighted by molar-refractivity contribution is 5.97. The topological polar surface area (TPSA) is 29.1 Å². The second-order valence-electron chi connectivity index (χ2n) is 7.42. The Labute approximate surface area is 138 Å². The van der Waals surface area contributed by atoms with Crippen molar-refractivity contribution in [1.29, 1.82) is 0 Å².